The molecule has 2 saturated heterocycles. The van der Waals surface area contributed by atoms with E-state index in [1.807, 2.05) is 6.92 Å². The quantitative estimate of drug-likeness (QED) is 0.272. The summed E-state index contributed by atoms with van der Waals surface area (Å²) in [5.74, 6) is -3.18. The Hall–Kier alpha value is -2.45. The molecule has 12 heteroatoms. The zero-order valence-corrected chi connectivity index (χ0v) is 28.3. The van der Waals surface area contributed by atoms with Crippen LogP contribution in [0.25, 0.3) is 0 Å². The van der Waals surface area contributed by atoms with Gasteiger partial charge in [-0.05, 0) is 43.9 Å². The number of aliphatic hydroxyl groups is 3. The maximum atomic E-state index is 14.0. The first-order valence-electron chi connectivity index (χ1n) is 17.5. The Bertz CT molecular complexity index is 1540. The molecule has 1 unspecified atom stereocenters. The van der Waals surface area contributed by atoms with E-state index in [1.54, 1.807) is 52.5 Å². The average molecular weight is 669 g/mol. The van der Waals surface area contributed by atoms with Crippen molar-refractivity contribution in [2.75, 3.05) is 45.9 Å². The number of amides is 2. The third-order valence-corrected chi connectivity index (χ3v) is 14.3. The van der Waals surface area contributed by atoms with Crippen LogP contribution in [-0.2, 0) is 28.5 Å². The normalized spacial score (nSPS) is 48.7. The molecule has 7 aliphatic rings. The Labute approximate surface area is 280 Å². The summed E-state index contributed by atoms with van der Waals surface area (Å²) >= 11 is 0. The van der Waals surface area contributed by atoms with E-state index < -0.39 is 64.2 Å². The lowest BCUT2D eigenvalue weighted by Crippen LogP contribution is -2.82. The van der Waals surface area contributed by atoms with Gasteiger partial charge >= 0.3 is 5.97 Å². The van der Waals surface area contributed by atoms with Gasteiger partial charge in [-0.2, -0.15) is 0 Å². The first-order valence-corrected chi connectivity index (χ1v) is 17.5. The number of ether oxygens (including phenoxy) is 4. The van der Waals surface area contributed by atoms with Crippen molar-refractivity contribution in [2.45, 2.75) is 87.6 Å². The number of piperidine rings is 1. The van der Waals surface area contributed by atoms with Crippen LogP contribution in [0.4, 0.5) is 5.69 Å². The Morgan fingerprint density at radius 3 is 2.48 bits per heavy atom. The van der Waals surface area contributed by atoms with Crippen molar-refractivity contribution in [3.63, 3.8) is 0 Å². The molecule has 1 spiro atoms. The summed E-state index contributed by atoms with van der Waals surface area (Å²) in [6, 6.07) is 6.01. The molecular weight excluding hydrogens is 620 g/mol. The number of benzene rings is 1. The van der Waals surface area contributed by atoms with Crippen molar-refractivity contribution >= 4 is 23.5 Å². The summed E-state index contributed by atoms with van der Waals surface area (Å²) in [4.78, 5) is 43.1. The van der Waals surface area contributed by atoms with Crippen LogP contribution in [0.5, 0.6) is 0 Å². The molecule has 7 fully saturated rings. The van der Waals surface area contributed by atoms with Gasteiger partial charge in [-0.3, -0.25) is 14.5 Å². The molecular formula is C36H48N2O10. The molecule has 14 atom stereocenters. The summed E-state index contributed by atoms with van der Waals surface area (Å²) in [6.45, 7) is 4.81. The van der Waals surface area contributed by atoms with Crippen molar-refractivity contribution in [3.05, 3.63) is 29.8 Å². The Morgan fingerprint density at radius 2 is 1.83 bits per heavy atom. The first-order chi connectivity index (χ1) is 22.9. The van der Waals surface area contributed by atoms with Crippen LogP contribution in [0.3, 0.4) is 0 Å². The summed E-state index contributed by atoms with van der Waals surface area (Å²) in [7, 11) is 4.87. The van der Waals surface area contributed by atoms with E-state index in [-0.39, 0.29) is 66.4 Å². The number of likely N-dealkylation sites (tertiary alicyclic amines) is 1. The van der Waals surface area contributed by atoms with Gasteiger partial charge in [0.25, 0.3) is 0 Å². The first kappa shape index (κ1) is 32.7. The monoisotopic (exact) mass is 668 g/mol. The van der Waals surface area contributed by atoms with Crippen LogP contribution >= 0.6 is 0 Å². The number of likely N-dealkylation sites (N-methyl/N-ethyl adjacent to an activating group) is 1. The SMILES string of the molecule is CCN1C[C@]2(COC(=O)c3ccccc3N3C(=O)C[C@H](C)C3=O)CC[C@H](OC)[C@]34C1[C@](O)([C@@H](OC)[C@H]23)[C@@]1(O)C[C@H](OC)[C@H]2C[C@@H]4[C@@H]1[C@H]2O. The number of aliphatic hydroxyl groups excluding tert-OH is 1. The van der Waals surface area contributed by atoms with E-state index in [0.29, 0.717) is 32.4 Å². The highest BCUT2D eigenvalue weighted by atomic mass is 16.5. The molecule has 5 aliphatic carbocycles. The summed E-state index contributed by atoms with van der Waals surface area (Å²) < 4.78 is 24.8. The largest absolute Gasteiger partial charge is 0.461 e. The number of hydrogen-bond donors (Lipinski definition) is 3. The van der Waals surface area contributed by atoms with Crippen molar-refractivity contribution in [1.82, 2.24) is 4.90 Å². The second-order valence-corrected chi connectivity index (χ2v) is 15.7. The average Bonchev–Trinajstić information content (AvgIpc) is 3.56. The van der Waals surface area contributed by atoms with Crippen LogP contribution in [0.2, 0.25) is 0 Å². The van der Waals surface area contributed by atoms with Crippen molar-refractivity contribution < 1.29 is 48.7 Å². The van der Waals surface area contributed by atoms with Gasteiger partial charge < -0.3 is 34.3 Å². The second kappa shape index (κ2) is 10.8. The van der Waals surface area contributed by atoms with Gasteiger partial charge in [0.2, 0.25) is 11.8 Å². The molecule has 262 valence electrons. The van der Waals surface area contributed by atoms with Crippen molar-refractivity contribution in [1.29, 1.82) is 0 Å². The lowest BCUT2D eigenvalue weighted by Gasteiger charge is -2.70. The van der Waals surface area contributed by atoms with Crippen LogP contribution in [-0.4, -0.2) is 121 Å². The molecule has 1 aromatic carbocycles. The van der Waals surface area contributed by atoms with E-state index in [4.69, 9.17) is 18.9 Å². The Morgan fingerprint density at radius 1 is 1.08 bits per heavy atom. The number of para-hydroxylation sites is 1. The van der Waals surface area contributed by atoms with Gasteiger partial charge in [0.15, 0.2) is 0 Å². The topological polar surface area (TPSA) is 155 Å². The third-order valence-electron chi connectivity index (χ3n) is 14.3. The Kier molecular flexibility index (Phi) is 7.35. The number of rotatable bonds is 8. The van der Waals surface area contributed by atoms with Gasteiger partial charge in [0.05, 0.1) is 48.3 Å². The fourth-order valence-electron chi connectivity index (χ4n) is 12.9. The van der Waals surface area contributed by atoms with Gasteiger partial charge in [-0.1, -0.05) is 26.0 Å². The molecule has 0 aromatic heterocycles. The maximum absolute atomic E-state index is 14.0. The zero-order chi connectivity index (χ0) is 34.1. The van der Waals surface area contributed by atoms with E-state index in [1.165, 1.54) is 0 Å². The fourth-order valence-corrected chi connectivity index (χ4v) is 12.9. The summed E-state index contributed by atoms with van der Waals surface area (Å²) in [5, 5.41) is 38.0. The minimum atomic E-state index is -1.77. The summed E-state index contributed by atoms with van der Waals surface area (Å²) in [6.07, 6.45) is -0.287. The number of carbonyl (C=O) groups excluding carboxylic acids is 3. The molecule has 0 radical (unpaired) electrons. The van der Waals surface area contributed by atoms with Crippen LogP contribution in [0, 0.1) is 40.4 Å². The number of methoxy groups -OCH3 is 3. The highest BCUT2D eigenvalue weighted by Gasteiger charge is 2.91. The van der Waals surface area contributed by atoms with E-state index >= 15 is 0 Å². The van der Waals surface area contributed by atoms with Gasteiger partial charge in [-0.15, -0.1) is 0 Å². The molecule has 3 N–H and O–H groups in total. The minimum Gasteiger partial charge on any atom is -0.461 e. The fraction of sp³-hybridized carbons (Fsp3) is 0.750. The van der Waals surface area contributed by atoms with Crippen molar-refractivity contribution in [3.8, 4) is 0 Å². The predicted octanol–water partition coefficient (Wildman–Crippen LogP) is 1.38. The maximum Gasteiger partial charge on any atom is 0.340 e. The van der Waals surface area contributed by atoms with E-state index in [9.17, 15) is 29.7 Å². The molecule has 48 heavy (non-hydrogen) atoms. The number of fused-ring (bicyclic) bond motifs is 2. The van der Waals surface area contributed by atoms with E-state index in [2.05, 4.69) is 4.90 Å². The number of esters is 1. The smallest absolute Gasteiger partial charge is 0.340 e. The lowest BCUT2D eigenvalue weighted by molar-refractivity contribution is -0.318. The second-order valence-electron chi connectivity index (χ2n) is 15.7. The Balaban J connectivity index is 1.23. The predicted molar refractivity (Wildman–Crippen MR) is 170 cm³/mol. The van der Waals surface area contributed by atoms with Gasteiger partial charge in [0, 0.05) is 75.2 Å². The van der Waals surface area contributed by atoms with Crippen molar-refractivity contribution in [2.24, 2.45) is 40.4 Å². The van der Waals surface area contributed by atoms with E-state index in [0.717, 1.165) is 4.90 Å². The minimum absolute atomic E-state index is 0.00294. The molecule has 7 bridgehead atoms. The molecule has 8 rings (SSSR count). The summed E-state index contributed by atoms with van der Waals surface area (Å²) in [5.41, 5.74) is -4.53. The zero-order valence-electron chi connectivity index (χ0n) is 28.3. The number of hydrogen-bond acceptors (Lipinski definition) is 11. The standard InChI is InChI=1S/C36H48N2O10/c1-6-37-16-33(17-48-31(42)19-9-7-8-10-22(19)38-25(39)13-18(2)30(38)41)12-11-24(46-4)35-21-14-20-23(45-3)15-34(43,26(21)27(20)40)36(44,32(35)37)29(47-5)28(33)35/h7-10,18,20-21,23-24,26-29,32,40,43-44H,6,11-17H2,1-5H3/t18-,20+,21+,23-,24-,26+,27-,28+,29-,32?,33-,34+,35-,36+/m0/s1. The third kappa shape index (κ3) is 3.62. The molecule has 12 nitrogen and oxygen atoms in total. The van der Waals surface area contributed by atoms with Crippen LogP contribution in [0.15, 0.2) is 24.3 Å². The highest BCUT2D eigenvalue weighted by Crippen LogP contribution is 2.80. The number of imide groups is 1. The molecule has 1 aromatic rings. The molecule has 2 heterocycles. The molecule has 2 aliphatic heterocycles. The van der Waals surface area contributed by atoms with Gasteiger partial charge in [0.1, 0.15) is 11.2 Å². The molecule has 2 amide bonds. The number of nitrogens with zero attached hydrogens (tertiary/aromatic N) is 2. The van der Waals surface area contributed by atoms with Crippen LogP contribution in [0.1, 0.15) is 56.3 Å². The van der Waals surface area contributed by atoms with Gasteiger partial charge in [-0.25, -0.2) is 9.69 Å². The lowest BCUT2D eigenvalue weighted by atomic mass is 9.42. The number of carbonyl (C=O) groups is 3. The van der Waals surface area contributed by atoms with Crippen LogP contribution < -0.4 is 4.90 Å². The molecule has 5 saturated carbocycles. The highest BCUT2D eigenvalue weighted by molar-refractivity contribution is 6.22. The number of anilines is 1.